The molecule has 1 N–H and O–H groups in total. The molecule has 0 spiro atoms. The average molecular weight is 262 g/mol. The van der Waals surface area contributed by atoms with Gasteiger partial charge in [0.15, 0.2) is 0 Å². The molecular weight excluding hydrogens is 244 g/mol. The van der Waals surface area contributed by atoms with E-state index in [9.17, 15) is 0 Å². The molecule has 0 radical (unpaired) electrons. The van der Waals surface area contributed by atoms with E-state index in [1.807, 2.05) is 30.3 Å². The highest BCUT2D eigenvalue weighted by atomic mass is 15.0. The lowest BCUT2D eigenvalue weighted by Gasteiger charge is -2.08. The van der Waals surface area contributed by atoms with Gasteiger partial charge in [-0.15, -0.1) is 0 Å². The lowest BCUT2D eigenvalue weighted by Crippen LogP contribution is -1.93. The molecule has 2 heterocycles. The number of rotatable bonds is 1. The van der Waals surface area contributed by atoms with Gasteiger partial charge < -0.3 is 9.55 Å². The molecule has 0 fully saturated rings. The Bertz CT molecular complexity index is 1250. The van der Waals surface area contributed by atoms with Crippen LogP contribution in [0.4, 0.5) is 0 Å². The minimum absolute atomic E-state index is 0.0964. The number of aromatic nitrogens is 2. The monoisotopic (exact) mass is 262 g/mol. The van der Waals surface area contributed by atoms with Gasteiger partial charge in [-0.1, -0.05) is 30.3 Å². The second-order valence-electron chi connectivity index (χ2n) is 4.74. The molecule has 0 unspecified atom stereocenters. The molecule has 2 aromatic heterocycles. The van der Waals surface area contributed by atoms with E-state index in [1.165, 1.54) is 0 Å². The van der Waals surface area contributed by atoms with Crippen molar-refractivity contribution in [2.45, 2.75) is 0 Å². The predicted molar refractivity (Wildman–Crippen MR) is 83.8 cm³/mol. The zero-order valence-electron chi connectivity index (χ0n) is 16.3. The van der Waals surface area contributed by atoms with Crippen LogP contribution in [0, 0.1) is 0 Å². The van der Waals surface area contributed by atoms with Crippen molar-refractivity contribution in [1.29, 1.82) is 0 Å². The van der Waals surface area contributed by atoms with Gasteiger partial charge in [-0.3, -0.25) is 0 Å². The van der Waals surface area contributed by atoms with Crippen LogP contribution >= 0.6 is 0 Å². The first-order valence-electron chi connectivity index (χ1n) is 9.33. The molecule has 0 saturated heterocycles. The van der Waals surface area contributed by atoms with E-state index in [1.54, 1.807) is 4.57 Å². The number of H-pyrrole nitrogens is 1. The van der Waals surface area contributed by atoms with Gasteiger partial charge in [0.2, 0.25) is 0 Å². The molecule has 5 aromatic rings. The summed E-state index contributed by atoms with van der Waals surface area (Å²) in [5.41, 5.74) is 2.30. The Hall–Kier alpha value is -2.74. The summed E-state index contributed by atoms with van der Waals surface area (Å²) in [6.07, 6.45) is 0. The van der Waals surface area contributed by atoms with Crippen LogP contribution in [0.25, 0.3) is 38.5 Å². The Labute approximate surface area is 124 Å². The second-order valence-corrected chi connectivity index (χ2v) is 4.74. The molecule has 20 heavy (non-hydrogen) atoms. The maximum atomic E-state index is 8.44. The van der Waals surface area contributed by atoms with E-state index in [2.05, 4.69) is 4.98 Å². The van der Waals surface area contributed by atoms with Gasteiger partial charge in [-0.25, -0.2) is 0 Å². The fraction of sp³-hybridized carbons (Fsp3) is 0. The van der Waals surface area contributed by atoms with Crippen LogP contribution in [-0.2, 0) is 0 Å². The summed E-state index contributed by atoms with van der Waals surface area (Å²) in [6.45, 7) is 0. The zero-order valence-corrected chi connectivity index (χ0v) is 10.3. The molecule has 3 aromatic carbocycles. The Balaban J connectivity index is 2.21. The first-order chi connectivity index (χ1) is 12.4. The van der Waals surface area contributed by atoms with Gasteiger partial charge in [0, 0.05) is 27.5 Å². The van der Waals surface area contributed by atoms with Crippen molar-refractivity contribution in [3.63, 3.8) is 0 Å². The SMILES string of the molecule is [2H]c1c([2H])c2[nH]c3c([2H])c([2H])c([2H])c4c3c2c(c1[2H])n4-c1ccccc1. The summed E-state index contributed by atoms with van der Waals surface area (Å²) in [4.78, 5) is 3.00. The van der Waals surface area contributed by atoms with Crippen molar-refractivity contribution >= 4 is 32.8 Å². The van der Waals surface area contributed by atoms with Crippen molar-refractivity contribution in [3.8, 4) is 5.69 Å². The van der Waals surface area contributed by atoms with Gasteiger partial charge in [0.05, 0.1) is 19.3 Å². The molecule has 0 aliphatic carbocycles. The van der Waals surface area contributed by atoms with E-state index in [4.69, 9.17) is 8.22 Å². The van der Waals surface area contributed by atoms with Gasteiger partial charge in [-0.2, -0.15) is 0 Å². The number of nitrogens with zero attached hydrogens (tertiary/aromatic N) is 1. The number of hydrogen-bond donors (Lipinski definition) is 1. The van der Waals surface area contributed by atoms with Gasteiger partial charge in [-0.05, 0) is 36.3 Å². The van der Waals surface area contributed by atoms with Crippen molar-refractivity contribution in [1.82, 2.24) is 9.55 Å². The van der Waals surface area contributed by atoms with E-state index in [-0.39, 0.29) is 36.3 Å². The first-order valence-corrected chi connectivity index (χ1v) is 6.33. The van der Waals surface area contributed by atoms with Crippen LogP contribution in [0.2, 0.25) is 0 Å². The molecule has 5 rings (SSSR count). The third-order valence-electron chi connectivity index (χ3n) is 3.67. The smallest absolute Gasteiger partial charge is 0.0645 e. The van der Waals surface area contributed by atoms with Crippen LogP contribution in [0.5, 0.6) is 0 Å². The number of aromatic amines is 1. The summed E-state index contributed by atoms with van der Waals surface area (Å²) < 4.78 is 51.3. The van der Waals surface area contributed by atoms with E-state index in [0.29, 0.717) is 38.5 Å². The summed E-state index contributed by atoms with van der Waals surface area (Å²) >= 11 is 0. The molecule has 0 aliphatic heterocycles. The second kappa shape index (κ2) is 3.42. The standard InChI is InChI=1S/C18H12N2/c1-2-6-12(7-3-1)20-15-10-4-8-13-17(15)18-14(19-13)9-5-11-16(18)20/h1-11,19H/i4D,5D,8D,9D,10D,11D. The number of nitrogens with one attached hydrogen (secondary N) is 1. The quantitative estimate of drug-likeness (QED) is 0.452. The normalized spacial score (nSPS) is 16.2. The van der Waals surface area contributed by atoms with E-state index in [0.717, 1.165) is 0 Å². The van der Waals surface area contributed by atoms with Gasteiger partial charge in [0.25, 0.3) is 0 Å². The minimum atomic E-state index is -0.206. The van der Waals surface area contributed by atoms with Crippen molar-refractivity contribution < 1.29 is 8.22 Å². The van der Waals surface area contributed by atoms with E-state index >= 15 is 0 Å². The fourth-order valence-electron chi connectivity index (χ4n) is 2.87. The third kappa shape index (κ3) is 1.09. The van der Waals surface area contributed by atoms with Crippen LogP contribution in [0.3, 0.4) is 0 Å². The summed E-state index contributed by atoms with van der Waals surface area (Å²) in [7, 11) is 0. The highest BCUT2D eigenvalue weighted by molar-refractivity contribution is 6.24. The number of benzene rings is 3. The maximum Gasteiger partial charge on any atom is 0.0645 e. The predicted octanol–water partition coefficient (Wildman–Crippen LogP) is 4.70. The highest BCUT2D eigenvalue weighted by Gasteiger charge is 2.17. The van der Waals surface area contributed by atoms with Crippen LogP contribution < -0.4 is 0 Å². The Morgan fingerprint density at radius 2 is 1.40 bits per heavy atom. The summed E-state index contributed by atoms with van der Waals surface area (Å²) in [6, 6.07) is 8.39. The molecule has 0 saturated carbocycles. The molecule has 94 valence electrons. The molecular formula is C18H12N2. The Morgan fingerprint density at radius 3 is 2.00 bits per heavy atom. The fourth-order valence-corrected chi connectivity index (χ4v) is 2.87. The molecule has 2 heteroatoms. The number of hydrogen-bond acceptors (Lipinski definition) is 0. The number of para-hydroxylation sites is 1. The molecule has 0 aliphatic rings. The maximum absolute atomic E-state index is 8.44. The first kappa shape index (κ1) is 6.14. The molecule has 0 bridgehead atoms. The minimum Gasteiger partial charge on any atom is -0.354 e. The summed E-state index contributed by atoms with van der Waals surface area (Å²) in [5.74, 6) is 0. The van der Waals surface area contributed by atoms with Crippen molar-refractivity contribution in [2.75, 3.05) is 0 Å². The molecule has 0 atom stereocenters. The highest BCUT2D eigenvalue weighted by Crippen LogP contribution is 2.38. The largest absolute Gasteiger partial charge is 0.354 e. The van der Waals surface area contributed by atoms with Crippen LogP contribution in [-0.4, -0.2) is 9.55 Å². The average Bonchev–Trinajstić information content (AvgIpc) is 3.20. The van der Waals surface area contributed by atoms with Crippen molar-refractivity contribution in [2.24, 2.45) is 0 Å². The molecule has 2 nitrogen and oxygen atoms in total. The van der Waals surface area contributed by atoms with Crippen LogP contribution in [0.15, 0.2) is 66.6 Å². The van der Waals surface area contributed by atoms with Crippen molar-refractivity contribution in [3.05, 3.63) is 66.6 Å². The lowest BCUT2D eigenvalue weighted by atomic mass is 10.2. The summed E-state index contributed by atoms with van der Waals surface area (Å²) in [5, 5.41) is 1.15. The van der Waals surface area contributed by atoms with Gasteiger partial charge >= 0.3 is 0 Å². The topological polar surface area (TPSA) is 20.7 Å². The Morgan fingerprint density at radius 1 is 0.800 bits per heavy atom. The third-order valence-corrected chi connectivity index (χ3v) is 3.67. The molecule has 0 amide bonds. The lowest BCUT2D eigenvalue weighted by molar-refractivity contribution is 1.18. The zero-order chi connectivity index (χ0) is 18.3. The Kier molecular flexibility index (Phi) is 1.05. The van der Waals surface area contributed by atoms with Gasteiger partial charge in [0.1, 0.15) is 0 Å². The van der Waals surface area contributed by atoms with E-state index < -0.39 is 0 Å². The van der Waals surface area contributed by atoms with Crippen LogP contribution in [0.1, 0.15) is 8.22 Å².